The average Bonchev–Trinajstić information content (AvgIpc) is 2.40. The zero-order valence-electron chi connectivity index (χ0n) is 10.3. The summed E-state index contributed by atoms with van der Waals surface area (Å²) in [5.41, 5.74) is 0.900. The summed E-state index contributed by atoms with van der Waals surface area (Å²) in [4.78, 5) is 17.4. The molecule has 0 unspecified atom stereocenters. The number of carbonyl (C=O) groups excluding carboxylic acids is 1. The highest BCUT2D eigenvalue weighted by Gasteiger charge is 2.14. The molecule has 5 heteroatoms. The van der Waals surface area contributed by atoms with Gasteiger partial charge in [0, 0.05) is 30.9 Å². The first-order chi connectivity index (χ1) is 9.08. The number of nitrogens with zero attached hydrogens (tertiary/aromatic N) is 2. The second-order valence-corrected chi connectivity index (χ2v) is 4.51. The molecule has 1 aromatic carbocycles. The van der Waals surface area contributed by atoms with Gasteiger partial charge in [-0.15, -0.1) is 0 Å². The van der Waals surface area contributed by atoms with Crippen LogP contribution in [0.5, 0.6) is 0 Å². The maximum absolute atomic E-state index is 13.5. The van der Waals surface area contributed by atoms with E-state index < -0.39 is 0 Å². The molecule has 0 fully saturated rings. The van der Waals surface area contributed by atoms with Crippen molar-refractivity contribution in [3.05, 3.63) is 64.7 Å². The molecule has 1 aromatic heterocycles. The lowest BCUT2D eigenvalue weighted by Crippen LogP contribution is -2.26. The van der Waals surface area contributed by atoms with Crippen LogP contribution in [0.3, 0.4) is 0 Å². The molecular formula is C14H12ClFN2O. The third-order valence-corrected chi connectivity index (χ3v) is 2.89. The van der Waals surface area contributed by atoms with Gasteiger partial charge in [-0.2, -0.15) is 0 Å². The Morgan fingerprint density at radius 2 is 2.11 bits per heavy atom. The molecule has 0 aliphatic carbocycles. The lowest BCUT2D eigenvalue weighted by atomic mass is 10.2. The summed E-state index contributed by atoms with van der Waals surface area (Å²) in [5.74, 6) is -0.553. The molecule has 0 bridgehead atoms. The monoisotopic (exact) mass is 278 g/mol. The Labute approximate surface area is 115 Å². The Morgan fingerprint density at radius 1 is 1.37 bits per heavy atom. The van der Waals surface area contributed by atoms with Crippen LogP contribution in [0, 0.1) is 5.82 Å². The molecule has 3 nitrogen and oxygen atoms in total. The number of hydrogen-bond donors (Lipinski definition) is 0. The zero-order chi connectivity index (χ0) is 13.8. The molecule has 0 aliphatic heterocycles. The molecule has 2 rings (SSSR count). The van der Waals surface area contributed by atoms with Crippen LogP contribution in [0.4, 0.5) is 4.39 Å². The number of carbonyl (C=O) groups is 1. The lowest BCUT2D eigenvalue weighted by molar-refractivity contribution is 0.0783. The Hall–Kier alpha value is -1.94. The maximum Gasteiger partial charge on any atom is 0.254 e. The van der Waals surface area contributed by atoms with Crippen LogP contribution in [0.2, 0.25) is 5.15 Å². The molecule has 0 spiro atoms. The number of aromatic nitrogens is 1. The number of pyridine rings is 1. The molecule has 0 saturated heterocycles. The number of hydrogen-bond acceptors (Lipinski definition) is 2. The van der Waals surface area contributed by atoms with Gasteiger partial charge in [-0.3, -0.25) is 4.79 Å². The molecule has 0 radical (unpaired) electrons. The van der Waals surface area contributed by atoms with E-state index in [-0.39, 0.29) is 23.4 Å². The fraction of sp³-hybridized carbons (Fsp3) is 0.143. The third-order valence-electron chi connectivity index (χ3n) is 2.69. The first-order valence-corrected chi connectivity index (χ1v) is 6.06. The smallest absolute Gasteiger partial charge is 0.254 e. The van der Waals surface area contributed by atoms with Gasteiger partial charge in [0.25, 0.3) is 5.91 Å². The summed E-state index contributed by atoms with van der Waals surface area (Å²) in [6.07, 6.45) is 1.46. The van der Waals surface area contributed by atoms with E-state index in [1.165, 1.54) is 23.2 Å². The molecule has 1 heterocycles. The van der Waals surface area contributed by atoms with E-state index in [4.69, 9.17) is 11.6 Å². The number of amides is 1. The van der Waals surface area contributed by atoms with Gasteiger partial charge >= 0.3 is 0 Å². The molecule has 0 aliphatic rings. The molecule has 0 N–H and O–H groups in total. The zero-order valence-corrected chi connectivity index (χ0v) is 11.1. The van der Waals surface area contributed by atoms with Crippen LogP contribution in [0.15, 0.2) is 42.6 Å². The maximum atomic E-state index is 13.5. The summed E-state index contributed by atoms with van der Waals surface area (Å²) in [5, 5.41) is 0.255. The second-order valence-electron chi connectivity index (χ2n) is 4.12. The van der Waals surface area contributed by atoms with Gasteiger partial charge in [0.1, 0.15) is 11.0 Å². The standard InChI is InChI=1S/C14H12ClFN2O/c1-18(9-11-4-2-3-5-12(11)16)14(19)10-6-7-17-13(15)8-10/h2-8H,9H2,1H3. The van der Waals surface area contributed by atoms with E-state index in [1.54, 1.807) is 31.3 Å². The van der Waals surface area contributed by atoms with Gasteiger partial charge in [-0.25, -0.2) is 9.37 Å². The number of benzene rings is 1. The lowest BCUT2D eigenvalue weighted by Gasteiger charge is -2.17. The highest BCUT2D eigenvalue weighted by Crippen LogP contribution is 2.13. The van der Waals surface area contributed by atoms with Crippen LogP contribution in [-0.2, 0) is 6.54 Å². The number of rotatable bonds is 3. The first-order valence-electron chi connectivity index (χ1n) is 5.68. The van der Waals surface area contributed by atoms with Gasteiger partial charge in [0.2, 0.25) is 0 Å². The quantitative estimate of drug-likeness (QED) is 0.808. The van der Waals surface area contributed by atoms with E-state index in [2.05, 4.69) is 4.98 Å². The van der Waals surface area contributed by atoms with Crippen LogP contribution < -0.4 is 0 Å². The van der Waals surface area contributed by atoms with Crippen molar-refractivity contribution < 1.29 is 9.18 Å². The van der Waals surface area contributed by atoms with Crippen LogP contribution in [-0.4, -0.2) is 22.8 Å². The predicted molar refractivity (Wildman–Crippen MR) is 71.4 cm³/mol. The van der Waals surface area contributed by atoms with Crippen molar-refractivity contribution in [3.63, 3.8) is 0 Å². The van der Waals surface area contributed by atoms with Crippen molar-refractivity contribution in [2.24, 2.45) is 0 Å². The normalized spacial score (nSPS) is 10.3. The van der Waals surface area contributed by atoms with Crippen LogP contribution >= 0.6 is 11.6 Å². The van der Waals surface area contributed by atoms with Crippen molar-refractivity contribution in [2.75, 3.05) is 7.05 Å². The van der Waals surface area contributed by atoms with Gasteiger partial charge in [-0.05, 0) is 18.2 Å². The van der Waals surface area contributed by atoms with E-state index >= 15 is 0 Å². The molecule has 1 amide bonds. The summed E-state index contributed by atoms with van der Waals surface area (Å²) < 4.78 is 13.5. The second kappa shape index (κ2) is 5.80. The Kier molecular flexibility index (Phi) is 4.12. The van der Waals surface area contributed by atoms with Crippen molar-refractivity contribution in [1.82, 2.24) is 9.88 Å². The fourth-order valence-electron chi connectivity index (χ4n) is 1.71. The molecule has 2 aromatic rings. The van der Waals surface area contributed by atoms with Crippen LogP contribution in [0.25, 0.3) is 0 Å². The molecular weight excluding hydrogens is 267 g/mol. The van der Waals surface area contributed by atoms with Gasteiger partial charge < -0.3 is 4.90 Å². The largest absolute Gasteiger partial charge is 0.337 e. The van der Waals surface area contributed by atoms with Crippen molar-refractivity contribution in [1.29, 1.82) is 0 Å². The van der Waals surface area contributed by atoms with E-state index in [0.717, 1.165) is 0 Å². The highest BCUT2D eigenvalue weighted by atomic mass is 35.5. The van der Waals surface area contributed by atoms with Crippen LogP contribution in [0.1, 0.15) is 15.9 Å². The third kappa shape index (κ3) is 3.29. The SMILES string of the molecule is CN(Cc1ccccc1F)C(=O)c1ccnc(Cl)c1. The predicted octanol–water partition coefficient (Wildman–Crippen LogP) is 3.15. The average molecular weight is 279 g/mol. The number of halogens is 2. The van der Waals surface area contributed by atoms with Crippen molar-refractivity contribution in [3.8, 4) is 0 Å². The fourth-order valence-corrected chi connectivity index (χ4v) is 1.88. The minimum absolute atomic E-state index is 0.200. The summed E-state index contributed by atoms with van der Waals surface area (Å²) in [6, 6.07) is 9.44. The van der Waals surface area contributed by atoms with E-state index in [1.807, 2.05) is 0 Å². The Bertz CT molecular complexity index is 604. The van der Waals surface area contributed by atoms with E-state index in [9.17, 15) is 9.18 Å². The summed E-state index contributed by atoms with van der Waals surface area (Å²) in [7, 11) is 1.61. The van der Waals surface area contributed by atoms with Crippen molar-refractivity contribution in [2.45, 2.75) is 6.54 Å². The van der Waals surface area contributed by atoms with E-state index in [0.29, 0.717) is 11.1 Å². The summed E-state index contributed by atoms with van der Waals surface area (Å²) in [6.45, 7) is 0.200. The minimum atomic E-state index is -0.324. The minimum Gasteiger partial charge on any atom is -0.337 e. The van der Waals surface area contributed by atoms with Gasteiger partial charge in [0.15, 0.2) is 0 Å². The van der Waals surface area contributed by atoms with Crippen molar-refractivity contribution >= 4 is 17.5 Å². The highest BCUT2D eigenvalue weighted by molar-refractivity contribution is 6.29. The Morgan fingerprint density at radius 3 is 2.79 bits per heavy atom. The first kappa shape index (κ1) is 13.5. The topological polar surface area (TPSA) is 33.2 Å². The molecule has 0 atom stereocenters. The Balaban J connectivity index is 2.14. The molecule has 19 heavy (non-hydrogen) atoms. The van der Waals surface area contributed by atoms with Gasteiger partial charge in [0.05, 0.1) is 0 Å². The molecule has 98 valence electrons. The van der Waals surface area contributed by atoms with Gasteiger partial charge in [-0.1, -0.05) is 29.8 Å². The molecule has 0 saturated carbocycles. The summed E-state index contributed by atoms with van der Waals surface area (Å²) >= 11 is 5.74.